The molecule has 0 unspecified atom stereocenters. The van der Waals surface area contributed by atoms with Crippen LogP contribution in [0.5, 0.6) is 0 Å². The molecule has 2 aromatic rings. The fourth-order valence-electron chi connectivity index (χ4n) is 3.01. The molecule has 118 valence electrons. The van der Waals surface area contributed by atoms with Crippen LogP contribution >= 0.6 is 15.9 Å². The van der Waals surface area contributed by atoms with E-state index in [4.69, 9.17) is 5.11 Å². The van der Waals surface area contributed by atoms with Gasteiger partial charge in [-0.3, -0.25) is 9.59 Å². The fourth-order valence-corrected chi connectivity index (χ4v) is 3.76. The molecule has 0 saturated heterocycles. The quantitative estimate of drug-likeness (QED) is 0.891. The minimum atomic E-state index is -0.911. The van der Waals surface area contributed by atoms with E-state index in [-0.39, 0.29) is 12.2 Å². The molecule has 2 aromatic carbocycles. The second-order valence-electron chi connectivity index (χ2n) is 5.54. The van der Waals surface area contributed by atoms with Crippen molar-refractivity contribution < 1.29 is 14.7 Å². The van der Waals surface area contributed by atoms with E-state index in [0.717, 1.165) is 22.3 Å². The number of aliphatic carboxylic acids is 1. The number of rotatable bonds is 3. The van der Waals surface area contributed by atoms with Crippen LogP contribution in [0.1, 0.15) is 34.0 Å². The van der Waals surface area contributed by atoms with Gasteiger partial charge >= 0.3 is 5.97 Å². The molecule has 0 radical (unpaired) electrons. The third kappa shape index (κ3) is 2.88. The Labute approximate surface area is 142 Å². The van der Waals surface area contributed by atoms with E-state index in [9.17, 15) is 9.59 Å². The van der Waals surface area contributed by atoms with Crippen molar-refractivity contribution >= 4 is 33.4 Å². The molecule has 4 nitrogen and oxygen atoms in total. The van der Waals surface area contributed by atoms with Crippen molar-refractivity contribution in [1.29, 1.82) is 0 Å². The van der Waals surface area contributed by atoms with Gasteiger partial charge in [0.15, 0.2) is 5.78 Å². The molecule has 3 rings (SSSR count). The van der Waals surface area contributed by atoms with E-state index < -0.39 is 5.97 Å². The number of carbonyl (C=O) groups excluding carboxylic acids is 1. The summed E-state index contributed by atoms with van der Waals surface area (Å²) in [4.78, 5) is 26.1. The molecule has 1 N–H and O–H groups in total. The summed E-state index contributed by atoms with van der Waals surface area (Å²) in [6, 6.07) is 11.1. The molecule has 0 aromatic heterocycles. The van der Waals surface area contributed by atoms with Crippen molar-refractivity contribution in [2.24, 2.45) is 0 Å². The number of fused-ring (bicyclic) bond motifs is 2. The summed E-state index contributed by atoms with van der Waals surface area (Å²) in [5.74, 6) is -0.967. The SMILES string of the molecule is CCN1Cc2ccccc2C(=O)c2cc(CC(=O)O)cc(Br)c21. The lowest BCUT2D eigenvalue weighted by Gasteiger charge is -2.25. The highest BCUT2D eigenvalue weighted by Gasteiger charge is 2.27. The van der Waals surface area contributed by atoms with Crippen LogP contribution in [-0.2, 0) is 17.8 Å². The number of benzene rings is 2. The summed E-state index contributed by atoms with van der Waals surface area (Å²) in [7, 11) is 0. The smallest absolute Gasteiger partial charge is 0.307 e. The van der Waals surface area contributed by atoms with Crippen LogP contribution in [0.4, 0.5) is 5.69 Å². The summed E-state index contributed by atoms with van der Waals surface area (Å²) in [6.45, 7) is 3.45. The van der Waals surface area contributed by atoms with Crippen LogP contribution in [-0.4, -0.2) is 23.4 Å². The highest BCUT2D eigenvalue weighted by Crippen LogP contribution is 2.37. The van der Waals surface area contributed by atoms with Gasteiger partial charge in [-0.2, -0.15) is 0 Å². The first kappa shape index (κ1) is 15.7. The third-order valence-corrected chi connectivity index (χ3v) is 4.65. The van der Waals surface area contributed by atoms with Gasteiger partial charge in [0.2, 0.25) is 0 Å². The van der Waals surface area contributed by atoms with Gasteiger partial charge in [0, 0.05) is 28.7 Å². The van der Waals surface area contributed by atoms with Gasteiger partial charge in [-0.25, -0.2) is 0 Å². The second kappa shape index (κ2) is 6.16. The first-order valence-corrected chi connectivity index (χ1v) is 8.22. The topological polar surface area (TPSA) is 57.6 Å². The number of hydrogen-bond acceptors (Lipinski definition) is 3. The van der Waals surface area contributed by atoms with Crippen molar-refractivity contribution in [1.82, 2.24) is 0 Å². The van der Waals surface area contributed by atoms with Gasteiger partial charge in [-0.05, 0) is 46.1 Å². The standard InChI is InChI=1S/C18H16BrNO3/c1-2-20-10-12-5-3-4-6-13(12)18(23)14-7-11(9-16(21)22)8-15(19)17(14)20/h3-8H,2,9-10H2,1H3,(H,21,22). The average Bonchev–Trinajstić information content (AvgIpc) is 2.63. The summed E-state index contributed by atoms with van der Waals surface area (Å²) >= 11 is 3.52. The zero-order chi connectivity index (χ0) is 16.6. The van der Waals surface area contributed by atoms with Crippen molar-refractivity contribution in [2.75, 3.05) is 11.4 Å². The minimum absolute atomic E-state index is 0.0560. The Morgan fingerprint density at radius 3 is 2.70 bits per heavy atom. The van der Waals surface area contributed by atoms with Crippen molar-refractivity contribution in [2.45, 2.75) is 19.9 Å². The number of halogens is 1. The van der Waals surface area contributed by atoms with Crippen LogP contribution in [0.2, 0.25) is 0 Å². The predicted octanol–water partition coefficient (Wildman–Crippen LogP) is 3.65. The van der Waals surface area contributed by atoms with Gasteiger partial charge in [-0.1, -0.05) is 24.3 Å². The number of carboxylic acid groups (broad SMARTS) is 1. The molecule has 0 saturated carbocycles. The number of hydrogen-bond donors (Lipinski definition) is 1. The summed E-state index contributed by atoms with van der Waals surface area (Å²) in [6.07, 6.45) is -0.104. The average molecular weight is 374 g/mol. The van der Waals surface area contributed by atoms with Gasteiger partial charge in [0.05, 0.1) is 12.1 Å². The van der Waals surface area contributed by atoms with Gasteiger partial charge in [0.1, 0.15) is 0 Å². The zero-order valence-electron chi connectivity index (χ0n) is 12.7. The minimum Gasteiger partial charge on any atom is -0.481 e. The summed E-state index contributed by atoms with van der Waals surface area (Å²) in [5, 5.41) is 9.03. The highest BCUT2D eigenvalue weighted by molar-refractivity contribution is 9.10. The molecule has 0 bridgehead atoms. The molecule has 1 heterocycles. The molecule has 5 heteroatoms. The molecule has 0 amide bonds. The molecule has 1 aliphatic heterocycles. The lowest BCUT2D eigenvalue weighted by atomic mass is 9.97. The van der Waals surface area contributed by atoms with E-state index in [0.29, 0.717) is 23.2 Å². The molecule has 0 fully saturated rings. The molecule has 23 heavy (non-hydrogen) atoms. The van der Waals surface area contributed by atoms with Crippen LogP contribution in [0.25, 0.3) is 0 Å². The Morgan fingerprint density at radius 1 is 1.26 bits per heavy atom. The molecule has 1 aliphatic rings. The predicted molar refractivity (Wildman–Crippen MR) is 92.1 cm³/mol. The third-order valence-electron chi connectivity index (χ3n) is 4.04. The molecular formula is C18H16BrNO3. The highest BCUT2D eigenvalue weighted by atomic mass is 79.9. The van der Waals surface area contributed by atoms with Crippen LogP contribution in [0, 0.1) is 0 Å². The van der Waals surface area contributed by atoms with Crippen molar-refractivity contribution in [3.63, 3.8) is 0 Å². The van der Waals surface area contributed by atoms with Gasteiger partial charge in [0.25, 0.3) is 0 Å². The Kier molecular flexibility index (Phi) is 4.22. The van der Waals surface area contributed by atoms with Gasteiger partial charge < -0.3 is 10.0 Å². The summed E-state index contributed by atoms with van der Waals surface area (Å²) < 4.78 is 0.759. The van der Waals surface area contributed by atoms with Crippen LogP contribution < -0.4 is 4.90 Å². The van der Waals surface area contributed by atoms with E-state index in [1.54, 1.807) is 12.1 Å². The molecule has 0 aliphatic carbocycles. The Balaban J connectivity index is 2.22. The van der Waals surface area contributed by atoms with Crippen molar-refractivity contribution in [3.8, 4) is 0 Å². The lowest BCUT2D eigenvalue weighted by molar-refractivity contribution is -0.136. The molecular weight excluding hydrogens is 358 g/mol. The molecule has 0 spiro atoms. The van der Waals surface area contributed by atoms with Crippen LogP contribution in [0.3, 0.4) is 0 Å². The van der Waals surface area contributed by atoms with E-state index in [1.807, 2.05) is 31.2 Å². The summed E-state index contributed by atoms with van der Waals surface area (Å²) in [5.41, 5.74) is 3.68. The number of ketones is 1. The van der Waals surface area contributed by atoms with Crippen molar-refractivity contribution in [3.05, 3.63) is 63.1 Å². The Morgan fingerprint density at radius 2 is 2.00 bits per heavy atom. The maximum absolute atomic E-state index is 13.0. The monoisotopic (exact) mass is 373 g/mol. The second-order valence-corrected chi connectivity index (χ2v) is 6.40. The largest absolute Gasteiger partial charge is 0.481 e. The zero-order valence-corrected chi connectivity index (χ0v) is 14.3. The number of carbonyl (C=O) groups is 2. The number of carboxylic acids is 1. The van der Waals surface area contributed by atoms with E-state index >= 15 is 0 Å². The first-order chi connectivity index (χ1) is 11.0. The number of nitrogens with zero attached hydrogens (tertiary/aromatic N) is 1. The Hall–Kier alpha value is -2.14. The maximum Gasteiger partial charge on any atom is 0.307 e. The lowest BCUT2D eigenvalue weighted by Crippen LogP contribution is -2.22. The van der Waals surface area contributed by atoms with E-state index in [2.05, 4.69) is 20.8 Å². The Bertz CT molecular complexity index is 801. The normalized spacial score (nSPS) is 13.3. The first-order valence-electron chi connectivity index (χ1n) is 7.43. The van der Waals surface area contributed by atoms with Gasteiger partial charge in [-0.15, -0.1) is 0 Å². The maximum atomic E-state index is 13.0. The van der Waals surface area contributed by atoms with Crippen LogP contribution in [0.15, 0.2) is 40.9 Å². The fraction of sp³-hybridized carbons (Fsp3) is 0.222. The molecule has 0 atom stereocenters. The number of anilines is 1. The van der Waals surface area contributed by atoms with E-state index in [1.165, 1.54) is 0 Å².